The van der Waals surface area contributed by atoms with E-state index >= 15 is 0 Å². The monoisotopic (exact) mass is 565 g/mol. The van der Waals surface area contributed by atoms with Gasteiger partial charge in [-0.15, -0.1) is 0 Å². The first-order valence-electron chi connectivity index (χ1n) is 11.3. The number of fused-ring (bicyclic) bond motifs is 1. The minimum Gasteiger partial charge on any atom is -0.401 e. The third-order valence-electron chi connectivity index (χ3n) is 6.22. The van der Waals surface area contributed by atoms with Gasteiger partial charge in [0.1, 0.15) is 5.82 Å². The third kappa shape index (κ3) is 5.66. The molecule has 3 aromatic rings. The van der Waals surface area contributed by atoms with Crippen LogP contribution in [-0.2, 0) is 17.7 Å². The molecule has 3 N–H and O–H groups in total. The Kier molecular flexibility index (Phi) is 7.75. The fourth-order valence-corrected chi connectivity index (χ4v) is 4.72. The number of carbonyl (C=O) groups is 2. The molecule has 0 saturated carbocycles. The topological polar surface area (TPSA) is 119 Å². The fraction of sp³-hybridized carbons (Fsp3) is 0.200. The van der Waals surface area contributed by atoms with Crippen molar-refractivity contribution in [2.24, 2.45) is 0 Å². The molecule has 9 nitrogen and oxygen atoms in total. The zero-order valence-corrected chi connectivity index (χ0v) is 21.8. The second-order valence-corrected chi connectivity index (χ2v) is 10.2. The van der Waals surface area contributed by atoms with Crippen molar-refractivity contribution in [2.75, 3.05) is 11.9 Å². The van der Waals surface area contributed by atoms with Gasteiger partial charge in [0.25, 0.3) is 5.91 Å². The molecule has 38 heavy (non-hydrogen) atoms. The SMILES string of the molecule is C[C@H]1c2ccc(C(=O)NCc3cccc(OP(=O)(O)O)c3F)cc2N(Cc2c(F)cccc2Cl)C(=O)N1C. The molecular weight excluding hydrogens is 543 g/mol. The molecular formula is C25H23ClF2N3O6P. The Morgan fingerprint density at radius 3 is 2.55 bits per heavy atom. The number of benzene rings is 3. The summed E-state index contributed by atoms with van der Waals surface area (Å²) >= 11 is 6.19. The van der Waals surface area contributed by atoms with E-state index in [1.165, 1.54) is 46.2 Å². The van der Waals surface area contributed by atoms with Crippen LogP contribution in [0.25, 0.3) is 0 Å². The number of nitrogens with zero attached hydrogens (tertiary/aromatic N) is 2. The maximum absolute atomic E-state index is 14.6. The van der Waals surface area contributed by atoms with E-state index in [9.17, 15) is 22.9 Å². The summed E-state index contributed by atoms with van der Waals surface area (Å²) in [4.78, 5) is 46.8. The van der Waals surface area contributed by atoms with Gasteiger partial charge < -0.3 is 14.7 Å². The van der Waals surface area contributed by atoms with Gasteiger partial charge in [-0.05, 0) is 42.8 Å². The Balaban J connectivity index is 1.61. The van der Waals surface area contributed by atoms with Crippen LogP contribution >= 0.6 is 19.4 Å². The van der Waals surface area contributed by atoms with Crippen LogP contribution in [0.4, 0.5) is 19.3 Å². The molecule has 1 aliphatic heterocycles. The highest BCUT2D eigenvalue weighted by Crippen LogP contribution is 2.40. The number of phosphoric acid groups is 1. The molecule has 13 heteroatoms. The number of hydrogen-bond acceptors (Lipinski definition) is 4. The lowest BCUT2D eigenvalue weighted by atomic mass is 9.98. The first-order chi connectivity index (χ1) is 17.9. The highest BCUT2D eigenvalue weighted by Gasteiger charge is 2.34. The first kappa shape index (κ1) is 27.5. The summed E-state index contributed by atoms with van der Waals surface area (Å²) in [5.41, 5.74) is 1.34. The lowest BCUT2D eigenvalue weighted by Gasteiger charge is -2.39. The van der Waals surface area contributed by atoms with Crippen LogP contribution in [0.2, 0.25) is 5.02 Å². The average Bonchev–Trinajstić information content (AvgIpc) is 2.86. The summed E-state index contributed by atoms with van der Waals surface area (Å²) in [6, 6.07) is 11.9. The smallest absolute Gasteiger partial charge is 0.401 e. The van der Waals surface area contributed by atoms with Crippen molar-refractivity contribution in [1.82, 2.24) is 10.2 Å². The number of halogens is 3. The first-order valence-corrected chi connectivity index (χ1v) is 13.2. The minimum absolute atomic E-state index is 0.0662. The van der Waals surface area contributed by atoms with E-state index in [2.05, 4.69) is 9.84 Å². The van der Waals surface area contributed by atoms with Crippen LogP contribution in [0, 0.1) is 11.6 Å². The maximum Gasteiger partial charge on any atom is 0.524 e. The Labute approximate surface area is 221 Å². The van der Waals surface area contributed by atoms with Crippen molar-refractivity contribution in [1.29, 1.82) is 0 Å². The highest BCUT2D eigenvalue weighted by atomic mass is 35.5. The molecule has 0 radical (unpaired) electrons. The Morgan fingerprint density at radius 2 is 1.87 bits per heavy atom. The maximum atomic E-state index is 14.6. The van der Waals surface area contributed by atoms with E-state index in [1.54, 1.807) is 19.2 Å². The van der Waals surface area contributed by atoms with E-state index in [0.717, 1.165) is 11.6 Å². The molecule has 200 valence electrons. The third-order valence-corrected chi connectivity index (χ3v) is 7.01. The number of anilines is 1. The minimum atomic E-state index is -4.98. The van der Waals surface area contributed by atoms with Crippen LogP contribution in [-0.4, -0.2) is 33.7 Å². The summed E-state index contributed by atoms with van der Waals surface area (Å²) < 4.78 is 44.5. The average molecular weight is 566 g/mol. The van der Waals surface area contributed by atoms with Crippen molar-refractivity contribution in [3.63, 3.8) is 0 Å². The van der Waals surface area contributed by atoms with Gasteiger partial charge in [0, 0.05) is 35.3 Å². The Hall–Kier alpha value is -3.50. The van der Waals surface area contributed by atoms with Crippen LogP contribution in [0.1, 0.15) is 40.0 Å². The number of hydrogen-bond donors (Lipinski definition) is 3. The van der Waals surface area contributed by atoms with Crippen molar-refractivity contribution in [2.45, 2.75) is 26.1 Å². The molecule has 0 spiro atoms. The van der Waals surface area contributed by atoms with Crippen LogP contribution in [0.15, 0.2) is 54.6 Å². The van der Waals surface area contributed by atoms with Gasteiger partial charge in [0.05, 0.1) is 18.3 Å². The number of carbonyl (C=O) groups excluding carboxylic acids is 2. The summed E-state index contributed by atoms with van der Waals surface area (Å²) in [5, 5.41) is 2.70. The molecule has 3 amide bonds. The Morgan fingerprint density at radius 1 is 1.16 bits per heavy atom. The predicted octanol–water partition coefficient (Wildman–Crippen LogP) is 5.15. The van der Waals surface area contributed by atoms with E-state index in [1.807, 2.05) is 6.92 Å². The van der Waals surface area contributed by atoms with Gasteiger partial charge >= 0.3 is 13.9 Å². The van der Waals surface area contributed by atoms with Crippen LogP contribution in [0.5, 0.6) is 5.75 Å². The quantitative estimate of drug-likeness (QED) is 0.341. The number of rotatable bonds is 7. The molecule has 1 aliphatic rings. The van der Waals surface area contributed by atoms with Crippen molar-refractivity contribution < 1.29 is 37.2 Å². The molecule has 0 aliphatic carbocycles. The molecule has 0 unspecified atom stereocenters. The lowest BCUT2D eigenvalue weighted by molar-refractivity contribution is 0.0950. The number of phosphoric ester groups is 1. The second kappa shape index (κ2) is 10.7. The zero-order valence-electron chi connectivity index (χ0n) is 20.2. The van der Waals surface area contributed by atoms with Gasteiger partial charge in [0.2, 0.25) is 0 Å². The molecule has 0 bridgehead atoms. The number of nitrogens with one attached hydrogen (secondary N) is 1. The normalized spacial score (nSPS) is 15.3. The van der Waals surface area contributed by atoms with E-state index < -0.39 is 37.1 Å². The second-order valence-electron chi connectivity index (χ2n) is 8.62. The molecule has 1 heterocycles. The van der Waals surface area contributed by atoms with Crippen molar-refractivity contribution in [3.05, 3.63) is 93.5 Å². The molecule has 0 aromatic heterocycles. The van der Waals surface area contributed by atoms with Gasteiger partial charge in [-0.2, -0.15) is 0 Å². The standard InChI is InChI=1S/C25H23ClF2N3O6P/c1-14-17-10-9-15(24(32)29-12-16-5-3-8-22(23(16)28)37-38(34,35)36)11-21(17)31(25(33)30(14)2)13-18-19(26)6-4-7-20(18)27/h3-11,14H,12-13H2,1-2H3,(H,29,32)(H2,34,35,36)/t14-/m0/s1. The molecule has 3 aromatic carbocycles. The van der Waals surface area contributed by atoms with E-state index in [0.29, 0.717) is 5.69 Å². The number of urea groups is 1. The predicted molar refractivity (Wildman–Crippen MR) is 136 cm³/mol. The zero-order chi connectivity index (χ0) is 27.8. The highest BCUT2D eigenvalue weighted by molar-refractivity contribution is 7.46. The van der Waals surface area contributed by atoms with E-state index in [4.69, 9.17) is 21.4 Å². The number of amides is 3. The summed E-state index contributed by atoms with van der Waals surface area (Å²) in [6.07, 6.45) is 0. The van der Waals surface area contributed by atoms with Crippen LogP contribution < -0.4 is 14.7 Å². The van der Waals surface area contributed by atoms with Gasteiger partial charge in [0.15, 0.2) is 11.6 Å². The molecule has 4 rings (SSSR count). The largest absolute Gasteiger partial charge is 0.524 e. The molecule has 0 fully saturated rings. The fourth-order valence-electron chi connectivity index (χ4n) is 4.10. The lowest BCUT2D eigenvalue weighted by Crippen LogP contribution is -2.46. The van der Waals surface area contributed by atoms with Crippen LogP contribution in [0.3, 0.4) is 0 Å². The van der Waals surface area contributed by atoms with Gasteiger partial charge in [-0.25, -0.2) is 18.1 Å². The van der Waals surface area contributed by atoms with Gasteiger partial charge in [-0.3, -0.25) is 19.5 Å². The van der Waals surface area contributed by atoms with Gasteiger partial charge in [-0.1, -0.05) is 35.9 Å². The summed E-state index contributed by atoms with van der Waals surface area (Å²) in [6.45, 7) is 1.34. The molecule has 0 saturated heterocycles. The summed E-state index contributed by atoms with van der Waals surface area (Å²) in [5.74, 6) is -2.86. The van der Waals surface area contributed by atoms with E-state index in [-0.39, 0.29) is 40.8 Å². The van der Waals surface area contributed by atoms with Crippen molar-refractivity contribution in [3.8, 4) is 5.75 Å². The molecule has 1 atom stereocenters. The summed E-state index contributed by atoms with van der Waals surface area (Å²) in [7, 11) is -3.36. The van der Waals surface area contributed by atoms with Crippen molar-refractivity contribution >= 4 is 37.0 Å². The Bertz CT molecular complexity index is 1450.